The van der Waals surface area contributed by atoms with E-state index in [0.717, 1.165) is 39.0 Å². The second-order valence-corrected chi connectivity index (χ2v) is 15.6. The first-order valence-electron chi connectivity index (χ1n) is 19.1. The van der Waals surface area contributed by atoms with Crippen LogP contribution >= 0.6 is 11.3 Å². The van der Waals surface area contributed by atoms with E-state index in [1.807, 2.05) is 18.2 Å². The van der Waals surface area contributed by atoms with Gasteiger partial charge in [0, 0.05) is 43.1 Å². The maximum atomic E-state index is 5.22. The molecule has 0 aliphatic carbocycles. The van der Waals surface area contributed by atoms with Crippen LogP contribution in [0.3, 0.4) is 0 Å². The summed E-state index contributed by atoms with van der Waals surface area (Å²) in [5.74, 6) is 1.89. The lowest BCUT2D eigenvalue weighted by atomic mass is 9.89. The molecule has 3 aromatic heterocycles. The molecule has 0 saturated carbocycles. The molecule has 4 nitrogen and oxygen atoms in total. The number of fused-ring (bicyclic) bond motifs is 5. The fraction of sp³-hybridized carbons (Fsp3) is 0. The number of pyridine rings is 1. The first-order valence-corrected chi connectivity index (χ1v) is 19.9. The average Bonchev–Trinajstić information content (AvgIpc) is 3.68. The van der Waals surface area contributed by atoms with Gasteiger partial charge in [0.25, 0.3) is 0 Å². The molecule has 12 rings (SSSR count). The monoisotopic (exact) mass is 742 g/mol. The number of aromatic nitrogens is 4. The van der Waals surface area contributed by atoms with Crippen molar-refractivity contribution in [2.45, 2.75) is 0 Å². The highest BCUT2D eigenvalue weighted by atomic mass is 32.1. The van der Waals surface area contributed by atoms with E-state index in [-0.39, 0.29) is 0 Å². The zero-order valence-corrected chi connectivity index (χ0v) is 31.3. The molecule has 0 spiro atoms. The quantitative estimate of drug-likeness (QED) is 0.165. The highest BCUT2D eigenvalue weighted by molar-refractivity contribution is 7.26. The summed E-state index contributed by atoms with van der Waals surface area (Å²) in [5.41, 5.74) is 8.13. The van der Waals surface area contributed by atoms with Crippen molar-refractivity contribution in [2.24, 2.45) is 0 Å². The van der Waals surface area contributed by atoms with Crippen molar-refractivity contribution in [3.8, 4) is 56.5 Å². The summed E-state index contributed by atoms with van der Waals surface area (Å²) < 4.78 is 2.46. The first-order chi connectivity index (χ1) is 28.2. The highest BCUT2D eigenvalue weighted by Gasteiger charge is 2.18. The van der Waals surface area contributed by atoms with Gasteiger partial charge in [-0.05, 0) is 61.6 Å². The number of hydrogen-bond acceptors (Lipinski definition) is 5. The number of rotatable bonds is 5. The molecule has 0 atom stereocenters. The standard InChI is InChI=1S/C52H30N4S/c1-2-10-35(11-3-1)50-54-51(36-24-22-34(23-25-36)48-49-47(41-16-4-6-18-43(41)53-48)42-17-5-7-19-44(42)57-49)56-52(55-50)38-15-9-14-37(30-38)39-28-26-33-21-20-31-12-8-13-32-27-29-40(39)46(33)45(31)32/h1-30H. The van der Waals surface area contributed by atoms with Gasteiger partial charge >= 0.3 is 0 Å². The summed E-state index contributed by atoms with van der Waals surface area (Å²) in [6, 6.07) is 64.4. The zero-order chi connectivity index (χ0) is 37.5. The Labute approximate surface area is 331 Å². The molecular weight excluding hydrogens is 713 g/mol. The van der Waals surface area contributed by atoms with Crippen LogP contribution in [0.4, 0.5) is 0 Å². The third-order valence-electron chi connectivity index (χ3n) is 11.3. The van der Waals surface area contributed by atoms with E-state index in [9.17, 15) is 0 Å². The van der Waals surface area contributed by atoms with Crippen molar-refractivity contribution >= 4 is 74.7 Å². The molecule has 0 saturated heterocycles. The number of thiophene rings is 1. The van der Waals surface area contributed by atoms with Crippen LogP contribution in [0, 0.1) is 0 Å². The van der Waals surface area contributed by atoms with Crippen LogP contribution < -0.4 is 0 Å². The van der Waals surface area contributed by atoms with E-state index in [0.29, 0.717) is 17.5 Å². The molecule has 0 fully saturated rings. The molecule has 0 aliphatic rings. The van der Waals surface area contributed by atoms with Crippen molar-refractivity contribution in [2.75, 3.05) is 0 Å². The van der Waals surface area contributed by atoms with E-state index in [1.165, 1.54) is 63.4 Å². The van der Waals surface area contributed by atoms with E-state index < -0.39 is 0 Å². The first kappa shape index (κ1) is 32.0. The van der Waals surface area contributed by atoms with Gasteiger partial charge in [0.05, 0.1) is 15.9 Å². The Morgan fingerprint density at radius 1 is 0.333 bits per heavy atom. The summed E-state index contributed by atoms with van der Waals surface area (Å²) in [6.07, 6.45) is 0. The third-order valence-corrected chi connectivity index (χ3v) is 12.4. The molecule has 264 valence electrons. The Hall–Kier alpha value is -7.34. The number of nitrogens with zero attached hydrogens (tertiary/aromatic N) is 4. The fourth-order valence-corrected chi connectivity index (χ4v) is 9.80. The number of para-hydroxylation sites is 1. The summed E-state index contributed by atoms with van der Waals surface area (Å²) in [5, 5.41) is 11.3. The van der Waals surface area contributed by atoms with E-state index in [4.69, 9.17) is 19.9 Å². The third kappa shape index (κ3) is 5.13. The van der Waals surface area contributed by atoms with Gasteiger partial charge in [-0.2, -0.15) is 0 Å². The van der Waals surface area contributed by atoms with Gasteiger partial charge in [0.1, 0.15) is 0 Å². The maximum Gasteiger partial charge on any atom is 0.164 e. The summed E-state index contributed by atoms with van der Waals surface area (Å²) in [7, 11) is 0. The van der Waals surface area contributed by atoms with Crippen molar-refractivity contribution in [1.82, 2.24) is 19.9 Å². The molecule has 0 radical (unpaired) electrons. The molecule has 57 heavy (non-hydrogen) atoms. The van der Waals surface area contributed by atoms with Gasteiger partial charge in [0.15, 0.2) is 17.5 Å². The predicted octanol–water partition coefficient (Wildman–Crippen LogP) is 14.0. The Morgan fingerprint density at radius 3 is 1.72 bits per heavy atom. The van der Waals surface area contributed by atoms with E-state index in [1.54, 1.807) is 11.3 Å². The predicted molar refractivity (Wildman–Crippen MR) is 239 cm³/mol. The summed E-state index contributed by atoms with van der Waals surface area (Å²) >= 11 is 1.80. The Kier molecular flexibility index (Phi) is 7.06. The van der Waals surface area contributed by atoms with Crippen molar-refractivity contribution in [3.63, 3.8) is 0 Å². The lowest BCUT2D eigenvalue weighted by Gasteiger charge is -2.15. The minimum Gasteiger partial charge on any atom is -0.246 e. The SMILES string of the molecule is c1ccc(-c2nc(-c3ccc(-c4nc5ccccc5c5c4sc4ccccc45)cc3)nc(-c3cccc(-c4ccc5ccc6cccc7ccc4c5c67)c3)n2)cc1. The summed E-state index contributed by atoms with van der Waals surface area (Å²) in [4.78, 5) is 20.5. The lowest BCUT2D eigenvalue weighted by Crippen LogP contribution is -2.00. The van der Waals surface area contributed by atoms with Crippen molar-refractivity contribution in [3.05, 3.63) is 182 Å². The van der Waals surface area contributed by atoms with Gasteiger partial charge in [-0.3, -0.25) is 0 Å². The zero-order valence-electron chi connectivity index (χ0n) is 30.5. The minimum atomic E-state index is 0.622. The topological polar surface area (TPSA) is 51.6 Å². The van der Waals surface area contributed by atoms with Crippen LogP contribution in [0.25, 0.3) is 120 Å². The minimum absolute atomic E-state index is 0.622. The molecule has 3 heterocycles. The Bertz CT molecular complexity index is 3500. The van der Waals surface area contributed by atoms with Gasteiger partial charge in [-0.15, -0.1) is 11.3 Å². The van der Waals surface area contributed by atoms with Crippen molar-refractivity contribution < 1.29 is 0 Å². The average molecular weight is 743 g/mol. The number of benzene rings is 9. The Balaban J connectivity index is 0.986. The van der Waals surface area contributed by atoms with Gasteiger partial charge in [0.2, 0.25) is 0 Å². The smallest absolute Gasteiger partial charge is 0.164 e. The molecule has 12 aromatic rings. The molecule has 0 amide bonds. The lowest BCUT2D eigenvalue weighted by molar-refractivity contribution is 1.07. The molecule has 0 bridgehead atoms. The van der Waals surface area contributed by atoms with Crippen molar-refractivity contribution in [1.29, 1.82) is 0 Å². The van der Waals surface area contributed by atoms with Gasteiger partial charge < -0.3 is 0 Å². The maximum absolute atomic E-state index is 5.22. The number of hydrogen-bond donors (Lipinski definition) is 0. The molecular formula is C52H30N4S. The summed E-state index contributed by atoms with van der Waals surface area (Å²) in [6.45, 7) is 0. The second kappa shape index (κ2) is 12.6. The van der Waals surface area contributed by atoms with Crippen LogP contribution in [-0.2, 0) is 0 Å². The second-order valence-electron chi connectivity index (χ2n) is 14.6. The molecule has 0 N–H and O–H groups in total. The fourth-order valence-electron chi connectivity index (χ4n) is 8.57. The van der Waals surface area contributed by atoms with Gasteiger partial charge in [-0.1, -0.05) is 164 Å². The van der Waals surface area contributed by atoms with E-state index in [2.05, 4.69) is 164 Å². The van der Waals surface area contributed by atoms with Crippen LogP contribution in [0.15, 0.2) is 182 Å². The molecule has 0 unspecified atom stereocenters. The normalized spacial score (nSPS) is 11.9. The molecule has 9 aromatic carbocycles. The van der Waals surface area contributed by atoms with Gasteiger partial charge in [-0.25, -0.2) is 19.9 Å². The van der Waals surface area contributed by atoms with Crippen LogP contribution in [0.2, 0.25) is 0 Å². The van der Waals surface area contributed by atoms with E-state index >= 15 is 0 Å². The largest absolute Gasteiger partial charge is 0.246 e. The van der Waals surface area contributed by atoms with Crippen LogP contribution in [0.1, 0.15) is 0 Å². The molecule has 5 heteroatoms. The van der Waals surface area contributed by atoms with Crippen LogP contribution in [-0.4, -0.2) is 19.9 Å². The highest BCUT2D eigenvalue weighted by Crippen LogP contribution is 2.43. The molecule has 0 aliphatic heterocycles. The van der Waals surface area contributed by atoms with Crippen LogP contribution in [0.5, 0.6) is 0 Å². The Morgan fingerprint density at radius 2 is 0.912 bits per heavy atom.